The molecule has 0 spiro atoms. The standard InChI is InChI=1S/C18H25N2O6P/c1-11(2)17(26-27(22,23)24)16-13-7-6-12(10-14(13)19-20-16)25-9-8-15(21)18(3,4)5/h6-7,10H,8-9H2,1-5H3,(H,19,20)(H2,22,23,24). The van der Waals surface area contributed by atoms with Crippen LogP contribution in [0.15, 0.2) is 23.8 Å². The number of fused-ring (bicyclic) bond motifs is 1. The number of hydrogen-bond acceptors (Lipinski definition) is 5. The molecule has 1 aromatic heterocycles. The molecular formula is C18H25N2O6P. The largest absolute Gasteiger partial charge is 0.524 e. The van der Waals surface area contributed by atoms with Crippen molar-refractivity contribution >= 4 is 30.3 Å². The van der Waals surface area contributed by atoms with E-state index in [1.54, 1.807) is 32.0 Å². The van der Waals surface area contributed by atoms with Crippen molar-refractivity contribution in [2.45, 2.75) is 41.0 Å². The highest BCUT2D eigenvalue weighted by Crippen LogP contribution is 2.43. The van der Waals surface area contributed by atoms with Gasteiger partial charge in [-0.3, -0.25) is 19.7 Å². The molecule has 0 unspecified atom stereocenters. The molecule has 0 saturated carbocycles. The summed E-state index contributed by atoms with van der Waals surface area (Å²) in [5.74, 6) is 0.711. The number of carbonyl (C=O) groups is 1. The average Bonchev–Trinajstić information content (AvgIpc) is 2.93. The summed E-state index contributed by atoms with van der Waals surface area (Å²) in [6, 6.07) is 5.15. The van der Waals surface area contributed by atoms with E-state index in [1.165, 1.54) is 0 Å². The SMILES string of the molecule is CC(C)=C(OP(=O)(O)O)c1n[nH]c2cc(OCCC(=O)C(C)(C)C)ccc12. The van der Waals surface area contributed by atoms with Crippen LogP contribution in [0.4, 0.5) is 0 Å². The van der Waals surface area contributed by atoms with E-state index in [0.717, 1.165) is 0 Å². The molecule has 0 aliphatic rings. The maximum absolute atomic E-state index is 11.9. The van der Waals surface area contributed by atoms with Gasteiger partial charge in [0, 0.05) is 23.3 Å². The maximum atomic E-state index is 11.9. The molecule has 148 valence electrons. The van der Waals surface area contributed by atoms with E-state index in [4.69, 9.17) is 19.0 Å². The highest BCUT2D eigenvalue weighted by atomic mass is 31.2. The lowest BCUT2D eigenvalue weighted by molar-refractivity contribution is -0.126. The van der Waals surface area contributed by atoms with Crippen LogP contribution in [0.1, 0.15) is 46.7 Å². The fraction of sp³-hybridized carbons (Fsp3) is 0.444. The molecule has 27 heavy (non-hydrogen) atoms. The molecule has 1 aromatic carbocycles. The zero-order chi connectivity index (χ0) is 20.4. The van der Waals surface area contributed by atoms with E-state index in [2.05, 4.69) is 10.2 Å². The number of ketones is 1. The van der Waals surface area contributed by atoms with E-state index >= 15 is 0 Å². The smallest absolute Gasteiger partial charge is 0.493 e. The third-order valence-electron chi connectivity index (χ3n) is 3.85. The fourth-order valence-corrected chi connectivity index (χ4v) is 2.90. The normalized spacial score (nSPS) is 12.1. The number of aromatic nitrogens is 2. The molecule has 0 radical (unpaired) electrons. The number of allylic oxidation sites excluding steroid dienone is 1. The van der Waals surface area contributed by atoms with Gasteiger partial charge in [0.2, 0.25) is 0 Å². The molecule has 2 aromatic rings. The van der Waals surface area contributed by atoms with E-state index in [-0.39, 0.29) is 18.1 Å². The van der Waals surface area contributed by atoms with Crippen LogP contribution in [0.25, 0.3) is 16.7 Å². The van der Waals surface area contributed by atoms with Crippen LogP contribution in [0.2, 0.25) is 0 Å². The van der Waals surface area contributed by atoms with E-state index < -0.39 is 13.2 Å². The fourth-order valence-electron chi connectivity index (χ4n) is 2.39. The molecule has 0 saturated heterocycles. The number of phosphoric ester groups is 1. The van der Waals surface area contributed by atoms with Gasteiger partial charge in [-0.15, -0.1) is 0 Å². The van der Waals surface area contributed by atoms with Gasteiger partial charge < -0.3 is 9.26 Å². The van der Waals surface area contributed by atoms with Gasteiger partial charge in [0.05, 0.1) is 12.1 Å². The number of nitrogens with one attached hydrogen (secondary N) is 1. The number of nitrogens with zero attached hydrogens (tertiary/aromatic N) is 1. The van der Waals surface area contributed by atoms with Crippen LogP contribution in [0.5, 0.6) is 5.75 Å². The Hall–Kier alpha value is -2.15. The second kappa shape index (κ2) is 7.84. The van der Waals surface area contributed by atoms with Crippen molar-refractivity contribution in [3.63, 3.8) is 0 Å². The predicted octanol–water partition coefficient (Wildman–Crippen LogP) is 3.81. The number of benzene rings is 1. The van der Waals surface area contributed by atoms with Crippen molar-refractivity contribution in [3.8, 4) is 5.75 Å². The van der Waals surface area contributed by atoms with Crippen molar-refractivity contribution in [3.05, 3.63) is 29.5 Å². The van der Waals surface area contributed by atoms with Gasteiger partial charge in [-0.05, 0) is 31.6 Å². The summed E-state index contributed by atoms with van der Waals surface area (Å²) < 4.78 is 21.7. The molecular weight excluding hydrogens is 371 g/mol. The third kappa shape index (κ3) is 5.66. The van der Waals surface area contributed by atoms with E-state index in [0.29, 0.717) is 34.3 Å². The summed E-state index contributed by atoms with van der Waals surface area (Å²) in [5, 5.41) is 7.57. The number of aromatic amines is 1. The molecule has 0 aliphatic carbocycles. The Kier molecular flexibility index (Phi) is 6.14. The van der Waals surface area contributed by atoms with Crippen LogP contribution >= 0.6 is 7.82 Å². The Balaban J connectivity index is 2.20. The van der Waals surface area contributed by atoms with Gasteiger partial charge in [0.1, 0.15) is 17.2 Å². The highest BCUT2D eigenvalue weighted by Gasteiger charge is 2.24. The Bertz CT molecular complexity index is 916. The molecule has 2 rings (SSSR count). The zero-order valence-corrected chi connectivity index (χ0v) is 17.0. The van der Waals surface area contributed by atoms with E-state index in [1.807, 2.05) is 20.8 Å². The van der Waals surface area contributed by atoms with Crippen molar-refractivity contribution in [1.82, 2.24) is 10.2 Å². The molecule has 0 aliphatic heterocycles. The van der Waals surface area contributed by atoms with Gasteiger partial charge in [-0.2, -0.15) is 5.10 Å². The number of Topliss-reactive ketones (excluding diaryl/α,β-unsaturated/α-hetero) is 1. The zero-order valence-electron chi connectivity index (χ0n) is 16.1. The lowest BCUT2D eigenvalue weighted by Crippen LogP contribution is -2.22. The minimum atomic E-state index is -4.71. The van der Waals surface area contributed by atoms with Crippen LogP contribution in [-0.2, 0) is 13.9 Å². The molecule has 0 atom stereocenters. The third-order valence-corrected chi connectivity index (χ3v) is 4.27. The van der Waals surface area contributed by atoms with Crippen molar-refractivity contribution < 1.29 is 28.4 Å². The van der Waals surface area contributed by atoms with Crippen molar-refractivity contribution in [2.24, 2.45) is 5.41 Å². The molecule has 0 amide bonds. The molecule has 0 fully saturated rings. The second-order valence-corrected chi connectivity index (χ2v) is 8.63. The summed E-state index contributed by atoms with van der Waals surface area (Å²) in [5.41, 5.74) is 1.11. The minimum absolute atomic E-state index is 0.0269. The van der Waals surface area contributed by atoms with Crippen LogP contribution in [0, 0.1) is 5.41 Å². The van der Waals surface area contributed by atoms with Gasteiger partial charge in [0.25, 0.3) is 0 Å². The van der Waals surface area contributed by atoms with Crippen LogP contribution in [0.3, 0.4) is 0 Å². The summed E-state index contributed by atoms with van der Waals surface area (Å²) in [6.07, 6.45) is 0.313. The number of hydrogen-bond donors (Lipinski definition) is 3. The number of rotatable bonds is 7. The van der Waals surface area contributed by atoms with Gasteiger partial charge >= 0.3 is 7.82 Å². The monoisotopic (exact) mass is 396 g/mol. The first-order valence-electron chi connectivity index (χ1n) is 8.45. The summed E-state index contributed by atoms with van der Waals surface area (Å²) in [7, 11) is -4.71. The second-order valence-electron chi connectivity index (χ2n) is 7.46. The lowest BCUT2D eigenvalue weighted by atomic mass is 9.89. The first kappa shape index (κ1) is 21.2. The van der Waals surface area contributed by atoms with Gasteiger partial charge in [-0.1, -0.05) is 20.8 Å². The number of phosphoric acid groups is 1. The average molecular weight is 396 g/mol. The summed E-state index contributed by atoms with van der Waals surface area (Å²) in [4.78, 5) is 30.2. The Morgan fingerprint density at radius 2 is 1.93 bits per heavy atom. The maximum Gasteiger partial charge on any atom is 0.524 e. The summed E-state index contributed by atoms with van der Waals surface area (Å²) >= 11 is 0. The Morgan fingerprint density at radius 1 is 1.26 bits per heavy atom. The number of carbonyl (C=O) groups excluding carboxylic acids is 1. The van der Waals surface area contributed by atoms with Gasteiger partial charge in [0.15, 0.2) is 5.76 Å². The van der Waals surface area contributed by atoms with E-state index in [9.17, 15) is 9.36 Å². The van der Waals surface area contributed by atoms with Crippen molar-refractivity contribution in [1.29, 1.82) is 0 Å². The minimum Gasteiger partial charge on any atom is -0.493 e. The molecule has 9 heteroatoms. The summed E-state index contributed by atoms with van der Waals surface area (Å²) in [6.45, 7) is 9.23. The number of H-pyrrole nitrogens is 1. The number of ether oxygens (including phenoxy) is 1. The Labute approximate surface area is 157 Å². The first-order chi connectivity index (χ1) is 12.4. The molecule has 0 bridgehead atoms. The first-order valence-corrected chi connectivity index (χ1v) is 9.99. The van der Waals surface area contributed by atoms with Crippen LogP contribution in [-0.4, -0.2) is 32.4 Å². The molecule has 1 heterocycles. The quantitative estimate of drug-likeness (QED) is 0.480. The highest BCUT2D eigenvalue weighted by molar-refractivity contribution is 7.46. The van der Waals surface area contributed by atoms with Crippen LogP contribution < -0.4 is 4.74 Å². The Morgan fingerprint density at radius 3 is 2.48 bits per heavy atom. The topological polar surface area (TPSA) is 122 Å². The molecule has 8 nitrogen and oxygen atoms in total. The molecule has 3 N–H and O–H groups in total. The van der Waals surface area contributed by atoms with Gasteiger partial charge in [-0.25, -0.2) is 4.57 Å². The van der Waals surface area contributed by atoms with Crippen molar-refractivity contribution in [2.75, 3.05) is 6.61 Å². The predicted molar refractivity (Wildman–Crippen MR) is 102 cm³/mol. The lowest BCUT2D eigenvalue weighted by Gasteiger charge is -2.16.